The number of carbonyl (C=O) groups excluding carboxylic acids is 2. The minimum Gasteiger partial charge on any atom is -0.494 e. The number of esters is 1. The second-order valence-corrected chi connectivity index (χ2v) is 8.85. The van der Waals surface area contributed by atoms with E-state index in [4.69, 9.17) is 9.47 Å². The fourth-order valence-corrected chi connectivity index (χ4v) is 4.90. The minimum atomic E-state index is -3.08. The largest absolute Gasteiger partial charge is 0.494 e. The quantitative estimate of drug-likeness (QED) is 0.664. The van der Waals surface area contributed by atoms with E-state index in [2.05, 4.69) is 0 Å². The molecular formula is C18H23NO6S. The predicted octanol–water partition coefficient (Wildman–Crippen LogP) is 1.42. The van der Waals surface area contributed by atoms with Gasteiger partial charge in [0.1, 0.15) is 5.75 Å². The lowest BCUT2D eigenvalue weighted by molar-refractivity contribution is -0.137. The Kier molecular flexibility index (Phi) is 5.50. The topological polar surface area (TPSA) is 90.0 Å². The fourth-order valence-electron chi connectivity index (χ4n) is 3.19. The number of hydrogen-bond acceptors (Lipinski definition) is 6. The maximum absolute atomic E-state index is 12.5. The molecule has 1 amide bonds. The summed E-state index contributed by atoms with van der Waals surface area (Å²) in [7, 11) is -3.08. The van der Waals surface area contributed by atoms with Crippen LogP contribution >= 0.6 is 0 Å². The van der Waals surface area contributed by atoms with Crippen LogP contribution < -0.4 is 4.74 Å². The van der Waals surface area contributed by atoms with E-state index >= 15 is 0 Å². The molecule has 0 radical (unpaired) electrons. The van der Waals surface area contributed by atoms with Crippen molar-refractivity contribution < 1.29 is 27.5 Å². The molecule has 142 valence electrons. The summed E-state index contributed by atoms with van der Waals surface area (Å²) in [6.07, 6.45) is 2.20. The van der Waals surface area contributed by atoms with Crippen molar-refractivity contribution in [3.05, 3.63) is 29.8 Å². The monoisotopic (exact) mass is 381 g/mol. The standard InChI is InChI=1S/C18H23NO6S/c1-2-24-16-7-3-13(4-8-16)18(21)25-11-17(20)19(14-5-6-14)15-9-10-26(22,23)12-15/h3-4,7-8,14-15H,2,5-6,9-12H2,1H3/t15-/m1/s1. The molecule has 1 aliphatic heterocycles. The molecule has 1 heterocycles. The van der Waals surface area contributed by atoms with E-state index in [1.807, 2.05) is 6.92 Å². The van der Waals surface area contributed by atoms with E-state index in [9.17, 15) is 18.0 Å². The normalized spacial score (nSPS) is 21.2. The third kappa shape index (κ3) is 4.55. The number of amides is 1. The second kappa shape index (κ2) is 7.65. The minimum absolute atomic E-state index is 0.00206. The number of nitrogens with zero attached hydrogens (tertiary/aromatic N) is 1. The van der Waals surface area contributed by atoms with Gasteiger partial charge in [0.15, 0.2) is 16.4 Å². The van der Waals surface area contributed by atoms with E-state index in [1.165, 1.54) is 0 Å². The van der Waals surface area contributed by atoms with Crippen molar-refractivity contribution in [1.29, 1.82) is 0 Å². The number of rotatable bonds is 7. The Morgan fingerprint density at radius 2 is 1.81 bits per heavy atom. The highest BCUT2D eigenvalue weighted by Crippen LogP contribution is 2.32. The molecule has 0 unspecified atom stereocenters. The highest BCUT2D eigenvalue weighted by molar-refractivity contribution is 7.91. The fraction of sp³-hybridized carbons (Fsp3) is 0.556. The van der Waals surface area contributed by atoms with E-state index < -0.39 is 15.8 Å². The second-order valence-electron chi connectivity index (χ2n) is 6.62. The number of sulfone groups is 1. The highest BCUT2D eigenvalue weighted by Gasteiger charge is 2.42. The molecule has 7 nitrogen and oxygen atoms in total. The lowest BCUT2D eigenvalue weighted by Gasteiger charge is -2.28. The van der Waals surface area contributed by atoms with E-state index in [-0.39, 0.29) is 36.1 Å². The Morgan fingerprint density at radius 3 is 2.35 bits per heavy atom. The molecular weight excluding hydrogens is 358 g/mol. The van der Waals surface area contributed by atoms with Crippen LogP contribution in [0.15, 0.2) is 24.3 Å². The molecule has 0 bridgehead atoms. The Hall–Kier alpha value is -2.09. The summed E-state index contributed by atoms with van der Waals surface area (Å²) >= 11 is 0. The van der Waals surface area contributed by atoms with Gasteiger partial charge >= 0.3 is 5.97 Å². The van der Waals surface area contributed by atoms with Crippen LogP contribution in [-0.4, -0.2) is 62.0 Å². The summed E-state index contributed by atoms with van der Waals surface area (Å²) < 4.78 is 33.9. The highest BCUT2D eigenvalue weighted by atomic mass is 32.2. The first kappa shape index (κ1) is 18.7. The van der Waals surface area contributed by atoms with Gasteiger partial charge in [-0.1, -0.05) is 0 Å². The van der Waals surface area contributed by atoms with Gasteiger partial charge in [0.05, 0.1) is 23.7 Å². The summed E-state index contributed by atoms with van der Waals surface area (Å²) in [5.74, 6) is -0.144. The molecule has 0 aromatic heterocycles. The van der Waals surface area contributed by atoms with E-state index in [0.29, 0.717) is 24.3 Å². The van der Waals surface area contributed by atoms with Crippen LogP contribution in [0.3, 0.4) is 0 Å². The maximum atomic E-state index is 12.5. The number of carbonyl (C=O) groups is 2. The lowest BCUT2D eigenvalue weighted by Crippen LogP contribution is -2.44. The average molecular weight is 381 g/mol. The van der Waals surface area contributed by atoms with Crippen molar-refractivity contribution >= 4 is 21.7 Å². The van der Waals surface area contributed by atoms with Crippen molar-refractivity contribution in [2.45, 2.75) is 38.3 Å². The van der Waals surface area contributed by atoms with Crippen LogP contribution in [0.25, 0.3) is 0 Å². The Bertz CT molecular complexity index is 769. The Labute approximate surface area is 153 Å². The number of ether oxygens (including phenoxy) is 2. The van der Waals surface area contributed by atoms with Crippen LogP contribution in [0.2, 0.25) is 0 Å². The third-order valence-electron chi connectivity index (χ3n) is 4.56. The summed E-state index contributed by atoms with van der Waals surface area (Å²) in [5, 5.41) is 0. The van der Waals surface area contributed by atoms with Crippen LogP contribution in [0.5, 0.6) is 5.75 Å². The van der Waals surface area contributed by atoms with Crippen molar-refractivity contribution in [2.75, 3.05) is 24.7 Å². The first-order chi connectivity index (χ1) is 12.4. The molecule has 0 N–H and O–H groups in total. The zero-order chi connectivity index (χ0) is 18.7. The molecule has 2 aliphatic rings. The van der Waals surface area contributed by atoms with E-state index in [1.54, 1.807) is 29.2 Å². The van der Waals surface area contributed by atoms with E-state index in [0.717, 1.165) is 12.8 Å². The molecule has 2 fully saturated rings. The van der Waals surface area contributed by atoms with Gasteiger partial charge in [-0.15, -0.1) is 0 Å². The van der Waals surface area contributed by atoms with Crippen molar-refractivity contribution in [3.63, 3.8) is 0 Å². The zero-order valence-electron chi connectivity index (χ0n) is 14.7. The Morgan fingerprint density at radius 1 is 1.12 bits per heavy atom. The summed E-state index contributed by atoms with van der Waals surface area (Å²) in [6, 6.07) is 6.28. The molecule has 8 heteroatoms. The SMILES string of the molecule is CCOc1ccc(C(=O)OCC(=O)N(C2CC2)[C@@H]2CCS(=O)(=O)C2)cc1. The smallest absolute Gasteiger partial charge is 0.338 e. The van der Waals surface area contributed by atoms with Crippen molar-refractivity contribution in [1.82, 2.24) is 4.90 Å². The summed E-state index contributed by atoms with van der Waals surface area (Å²) in [5.41, 5.74) is 0.336. The van der Waals surface area contributed by atoms with Crippen molar-refractivity contribution in [2.24, 2.45) is 0 Å². The van der Waals surface area contributed by atoms with Gasteiger partial charge in [-0.25, -0.2) is 13.2 Å². The predicted molar refractivity (Wildman–Crippen MR) is 94.8 cm³/mol. The van der Waals surface area contributed by atoms with Gasteiger partial charge in [0.2, 0.25) is 0 Å². The van der Waals surface area contributed by atoms with Gasteiger partial charge in [-0.3, -0.25) is 4.79 Å². The molecule has 1 saturated carbocycles. The van der Waals surface area contributed by atoms with Crippen LogP contribution in [0, 0.1) is 0 Å². The number of benzene rings is 1. The molecule has 1 saturated heterocycles. The molecule has 3 rings (SSSR count). The summed E-state index contributed by atoms with van der Waals surface area (Å²) in [6.45, 7) is 2.03. The third-order valence-corrected chi connectivity index (χ3v) is 6.31. The molecule has 1 aromatic rings. The first-order valence-corrected chi connectivity index (χ1v) is 10.6. The Balaban J connectivity index is 1.57. The van der Waals surface area contributed by atoms with Crippen molar-refractivity contribution in [3.8, 4) is 5.75 Å². The zero-order valence-corrected chi connectivity index (χ0v) is 15.5. The van der Waals surface area contributed by atoms with Gasteiger partial charge in [0.25, 0.3) is 5.91 Å². The van der Waals surface area contributed by atoms with Crippen LogP contribution in [0.4, 0.5) is 0 Å². The first-order valence-electron chi connectivity index (χ1n) is 8.81. The molecule has 26 heavy (non-hydrogen) atoms. The molecule has 1 atom stereocenters. The van der Waals surface area contributed by atoms with Gasteiger partial charge in [0, 0.05) is 12.1 Å². The average Bonchev–Trinajstić information content (AvgIpc) is 3.37. The molecule has 1 aromatic carbocycles. The molecule has 0 spiro atoms. The number of hydrogen-bond donors (Lipinski definition) is 0. The van der Waals surface area contributed by atoms with Gasteiger partial charge in [-0.2, -0.15) is 0 Å². The lowest BCUT2D eigenvalue weighted by atomic mass is 10.2. The van der Waals surface area contributed by atoms with Gasteiger partial charge in [-0.05, 0) is 50.5 Å². The van der Waals surface area contributed by atoms with Gasteiger partial charge < -0.3 is 14.4 Å². The maximum Gasteiger partial charge on any atom is 0.338 e. The van der Waals surface area contributed by atoms with Crippen LogP contribution in [-0.2, 0) is 19.4 Å². The van der Waals surface area contributed by atoms with Crippen LogP contribution in [0.1, 0.15) is 36.5 Å². The molecule has 1 aliphatic carbocycles. The summed E-state index contributed by atoms with van der Waals surface area (Å²) in [4.78, 5) is 26.3.